The van der Waals surface area contributed by atoms with Crippen LogP contribution in [0.1, 0.15) is 19.4 Å². The molecule has 4 N–H and O–H groups in total. The number of nitrogens with one attached hydrogen (secondary N) is 2. The molecular weight excluding hydrogens is 166 g/mol. The minimum Gasteiger partial charge on any atom is -0.385 e. The molecule has 0 aliphatic rings. The van der Waals surface area contributed by atoms with Gasteiger partial charge in [0.25, 0.3) is 0 Å². The number of aromatic nitrogens is 1. The van der Waals surface area contributed by atoms with E-state index < -0.39 is 0 Å². The number of nitrogen functional groups attached to an aromatic ring is 1. The number of nitrogens with two attached hydrogens (primary N) is 1. The van der Waals surface area contributed by atoms with Crippen molar-refractivity contribution in [2.75, 3.05) is 5.73 Å². The summed E-state index contributed by atoms with van der Waals surface area (Å²) in [6.45, 7) is 3.82. The standard InChI is InChI=1S/C9H13N3O/c1-5(2)8(10)6-3-4-7(13)12-9(6)11/h3-5,10H,1-2H3,(H3,11,12,13). The third-order valence-electron chi connectivity index (χ3n) is 1.82. The normalized spacial score (nSPS) is 10.4. The molecule has 0 aliphatic carbocycles. The summed E-state index contributed by atoms with van der Waals surface area (Å²) in [6.07, 6.45) is 0. The number of anilines is 1. The van der Waals surface area contributed by atoms with Gasteiger partial charge in [-0.25, -0.2) is 0 Å². The Bertz CT molecular complexity index is 379. The fourth-order valence-electron chi connectivity index (χ4n) is 1.04. The lowest BCUT2D eigenvalue weighted by Crippen LogP contribution is -2.15. The lowest BCUT2D eigenvalue weighted by atomic mass is 10.0. The van der Waals surface area contributed by atoms with Crippen LogP contribution in [-0.2, 0) is 0 Å². The number of hydrogen-bond donors (Lipinski definition) is 3. The van der Waals surface area contributed by atoms with Crippen molar-refractivity contribution in [3.8, 4) is 0 Å². The highest BCUT2D eigenvalue weighted by Gasteiger charge is 2.09. The zero-order valence-corrected chi connectivity index (χ0v) is 7.72. The van der Waals surface area contributed by atoms with Crippen molar-refractivity contribution in [3.05, 3.63) is 28.0 Å². The zero-order chi connectivity index (χ0) is 10.0. The van der Waals surface area contributed by atoms with E-state index in [0.717, 1.165) is 0 Å². The average molecular weight is 179 g/mol. The van der Waals surface area contributed by atoms with E-state index in [4.69, 9.17) is 11.1 Å². The summed E-state index contributed by atoms with van der Waals surface area (Å²) in [6, 6.07) is 2.96. The molecule has 0 radical (unpaired) electrons. The third kappa shape index (κ3) is 1.96. The summed E-state index contributed by atoms with van der Waals surface area (Å²) in [5, 5.41) is 7.69. The second-order valence-corrected chi connectivity index (χ2v) is 3.22. The molecule has 0 saturated heterocycles. The number of H-pyrrole nitrogens is 1. The largest absolute Gasteiger partial charge is 0.385 e. The van der Waals surface area contributed by atoms with Crippen LogP contribution in [0.15, 0.2) is 16.9 Å². The highest BCUT2D eigenvalue weighted by Crippen LogP contribution is 2.11. The van der Waals surface area contributed by atoms with E-state index in [1.807, 2.05) is 13.8 Å². The first-order valence-corrected chi connectivity index (χ1v) is 4.10. The molecule has 0 fully saturated rings. The molecule has 0 spiro atoms. The predicted octanol–water partition coefficient (Wildman–Crippen LogP) is 0.981. The summed E-state index contributed by atoms with van der Waals surface area (Å²) in [5.41, 5.74) is 6.37. The summed E-state index contributed by atoms with van der Waals surface area (Å²) >= 11 is 0. The minimum atomic E-state index is -0.238. The van der Waals surface area contributed by atoms with Crippen molar-refractivity contribution in [1.29, 1.82) is 5.41 Å². The molecule has 1 aromatic rings. The van der Waals surface area contributed by atoms with Gasteiger partial charge in [0.1, 0.15) is 5.82 Å². The van der Waals surface area contributed by atoms with Gasteiger partial charge in [0.2, 0.25) is 5.56 Å². The molecule has 1 aromatic heterocycles. The quantitative estimate of drug-likeness (QED) is 0.591. The van der Waals surface area contributed by atoms with Gasteiger partial charge in [-0.05, 0) is 12.0 Å². The highest BCUT2D eigenvalue weighted by atomic mass is 16.1. The molecule has 0 aliphatic heterocycles. The Kier molecular flexibility index (Phi) is 2.51. The maximum atomic E-state index is 10.8. The van der Waals surface area contributed by atoms with Crippen molar-refractivity contribution in [3.63, 3.8) is 0 Å². The molecule has 0 aromatic carbocycles. The van der Waals surface area contributed by atoms with E-state index in [-0.39, 0.29) is 17.3 Å². The van der Waals surface area contributed by atoms with Crippen LogP contribution >= 0.6 is 0 Å². The van der Waals surface area contributed by atoms with Crippen LogP contribution in [0.5, 0.6) is 0 Å². The lowest BCUT2D eigenvalue weighted by molar-refractivity contribution is 0.877. The maximum Gasteiger partial charge on any atom is 0.249 e. The van der Waals surface area contributed by atoms with Crippen LogP contribution in [0.25, 0.3) is 0 Å². The molecule has 0 unspecified atom stereocenters. The first-order valence-electron chi connectivity index (χ1n) is 4.10. The van der Waals surface area contributed by atoms with Gasteiger partial charge < -0.3 is 16.1 Å². The van der Waals surface area contributed by atoms with Crippen molar-refractivity contribution in [2.45, 2.75) is 13.8 Å². The molecule has 0 atom stereocenters. The van der Waals surface area contributed by atoms with E-state index in [2.05, 4.69) is 4.98 Å². The molecule has 1 heterocycles. The topological polar surface area (TPSA) is 82.7 Å². The monoisotopic (exact) mass is 179 g/mol. The van der Waals surface area contributed by atoms with Crippen LogP contribution in [0, 0.1) is 11.3 Å². The zero-order valence-electron chi connectivity index (χ0n) is 7.72. The van der Waals surface area contributed by atoms with E-state index in [9.17, 15) is 4.79 Å². The molecule has 0 amide bonds. The lowest BCUT2D eigenvalue weighted by Gasteiger charge is -2.09. The van der Waals surface area contributed by atoms with Crippen molar-refractivity contribution in [1.82, 2.24) is 4.98 Å². The first kappa shape index (κ1) is 9.51. The van der Waals surface area contributed by atoms with Crippen LogP contribution in [0.3, 0.4) is 0 Å². The van der Waals surface area contributed by atoms with Gasteiger partial charge in [0.05, 0.1) is 0 Å². The van der Waals surface area contributed by atoms with Crippen molar-refractivity contribution in [2.24, 2.45) is 5.92 Å². The van der Waals surface area contributed by atoms with Gasteiger partial charge in [-0.2, -0.15) is 0 Å². The average Bonchev–Trinajstić information content (AvgIpc) is 2.03. The van der Waals surface area contributed by atoms with Gasteiger partial charge in [0.15, 0.2) is 0 Å². The Morgan fingerprint density at radius 1 is 1.54 bits per heavy atom. The van der Waals surface area contributed by atoms with Crippen LogP contribution in [0.4, 0.5) is 5.82 Å². The molecule has 13 heavy (non-hydrogen) atoms. The Hall–Kier alpha value is -1.58. The maximum absolute atomic E-state index is 10.8. The third-order valence-corrected chi connectivity index (χ3v) is 1.82. The van der Waals surface area contributed by atoms with Gasteiger partial charge in [-0.3, -0.25) is 4.79 Å². The second kappa shape index (κ2) is 3.43. The summed E-state index contributed by atoms with van der Waals surface area (Å²) < 4.78 is 0. The van der Waals surface area contributed by atoms with Crippen molar-refractivity contribution >= 4 is 11.5 Å². The molecule has 70 valence electrons. The van der Waals surface area contributed by atoms with Crippen molar-refractivity contribution < 1.29 is 0 Å². The van der Waals surface area contributed by atoms with E-state index >= 15 is 0 Å². The Balaban J connectivity index is 3.16. The number of aromatic amines is 1. The Morgan fingerprint density at radius 3 is 2.62 bits per heavy atom. The van der Waals surface area contributed by atoms with Gasteiger partial charge >= 0.3 is 0 Å². The smallest absolute Gasteiger partial charge is 0.249 e. The summed E-state index contributed by atoms with van der Waals surface area (Å²) in [7, 11) is 0. The molecular formula is C9H13N3O. The molecule has 4 nitrogen and oxygen atoms in total. The SMILES string of the molecule is CC(C)C(=N)c1ccc(=O)[nH]c1N. The number of hydrogen-bond acceptors (Lipinski definition) is 3. The predicted molar refractivity (Wildman–Crippen MR) is 53.1 cm³/mol. The van der Waals surface area contributed by atoms with Gasteiger partial charge in [-0.1, -0.05) is 13.8 Å². The minimum absolute atomic E-state index is 0.105. The van der Waals surface area contributed by atoms with Gasteiger partial charge in [0, 0.05) is 17.3 Å². The Morgan fingerprint density at radius 2 is 2.15 bits per heavy atom. The summed E-state index contributed by atoms with van der Waals surface area (Å²) in [4.78, 5) is 13.3. The molecule has 0 bridgehead atoms. The molecule has 0 saturated carbocycles. The van der Waals surface area contributed by atoms with E-state index in [1.165, 1.54) is 6.07 Å². The van der Waals surface area contributed by atoms with E-state index in [1.54, 1.807) is 6.07 Å². The first-order chi connectivity index (χ1) is 6.02. The second-order valence-electron chi connectivity index (χ2n) is 3.22. The fourth-order valence-corrected chi connectivity index (χ4v) is 1.04. The van der Waals surface area contributed by atoms with Crippen LogP contribution in [-0.4, -0.2) is 10.7 Å². The molecule has 1 rings (SSSR count). The van der Waals surface area contributed by atoms with E-state index in [0.29, 0.717) is 11.3 Å². The Labute approximate surface area is 76.3 Å². The number of pyridine rings is 1. The van der Waals surface area contributed by atoms with Crippen LogP contribution < -0.4 is 11.3 Å². The number of rotatable bonds is 2. The highest BCUT2D eigenvalue weighted by molar-refractivity contribution is 6.02. The molecule has 4 heteroatoms. The van der Waals surface area contributed by atoms with Gasteiger partial charge in [-0.15, -0.1) is 0 Å². The summed E-state index contributed by atoms with van der Waals surface area (Å²) in [5.74, 6) is 0.374. The van der Waals surface area contributed by atoms with Crippen LogP contribution in [0.2, 0.25) is 0 Å². The fraction of sp³-hybridized carbons (Fsp3) is 0.333.